The summed E-state index contributed by atoms with van der Waals surface area (Å²) in [5.74, 6) is 1.10. The summed E-state index contributed by atoms with van der Waals surface area (Å²) in [6.45, 7) is 1.96. The molecule has 26 heavy (non-hydrogen) atoms. The van der Waals surface area contributed by atoms with Crippen molar-refractivity contribution in [3.05, 3.63) is 35.7 Å². The number of benzene rings is 1. The van der Waals surface area contributed by atoms with Gasteiger partial charge in [0.2, 0.25) is 0 Å². The summed E-state index contributed by atoms with van der Waals surface area (Å²) in [4.78, 5) is 12.7. The third-order valence-corrected chi connectivity index (χ3v) is 6.78. The Hall–Kier alpha value is -1.67. The number of sulfone groups is 1. The molecule has 2 aromatic rings. The number of thioether (sulfide) groups is 1. The average Bonchev–Trinajstić information content (AvgIpc) is 3.00. The van der Waals surface area contributed by atoms with Crippen LogP contribution in [0.1, 0.15) is 54.3 Å². The standard InChI is InChI=1S/C18H23N3O3S2/c1-13-19-20-18(21(13)15-6-4-3-5-7-15)25-12-17(22)14-8-10-16(11-9-14)26(2,23)24/h8-11,15H,3-7,12H2,1-2H3. The van der Waals surface area contributed by atoms with Gasteiger partial charge in [-0.05, 0) is 31.9 Å². The van der Waals surface area contributed by atoms with Crippen LogP contribution in [0.5, 0.6) is 0 Å². The number of carbonyl (C=O) groups is 1. The van der Waals surface area contributed by atoms with Crippen molar-refractivity contribution in [2.75, 3.05) is 12.0 Å². The van der Waals surface area contributed by atoms with Crippen LogP contribution in [-0.4, -0.2) is 41.0 Å². The molecular formula is C18H23N3O3S2. The first kappa shape index (κ1) is 19.1. The maximum absolute atomic E-state index is 12.4. The Kier molecular flexibility index (Phi) is 5.82. The zero-order valence-electron chi connectivity index (χ0n) is 15.0. The number of carbonyl (C=O) groups excluding carboxylic acids is 1. The van der Waals surface area contributed by atoms with E-state index in [1.165, 1.54) is 43.2 Å². The molecule has 140 valence electrons. The van der Waals surface area contributed by atoms with Gasteiger partial charge in [-0.25, -0.2) is 8.42 Å². The lowest BCUT2D eigenvalue weighted by Crippen LogP contribution is -2.15. The maximum atomic E-state index is 12.4. The van der Waals surface area contributed by atoms with Gasteiger partial charge in [0.1, 0.15) is 5.82 Å². The van der Waals surface area contributed by atoms with Gasteiger partial charge in [0.25, 0.3) is 0 Å². The van der Waals surface area contributed by atoms with Crippen molar-refractivity contribution in [1.29, 1.82) is 0 Å². The minimum atomic E-state index is -3.25. The zero-order valence-corrected chi connectivity index (χ0v) is 16.6. The third kappa shape index (κ3) is 4.35. The highest BCUT2D eigenvalue weighted by molar-refractivity contribution is 7.99. The second-order valence-corrected chi connectivity index (χ2v) is 9.66. The van der Waals surface area contributed by atoms with E-state index < -0.39 is 9.84 Å². The van der Waals surface area contributed by atoms with E-state index in [1.54, 1.807) is 12.1 Å². The van der Waals surface area contributed by atoms with E-state index in [4.69, 9.17) is 0 Å². The predicted molar refractivity (Wildman–Crippen MR) is 101 cm³/mol. The number of rotatable bonds is 6. The first-order chi connectivity index (χ1) is 12.4. The van der Waals surface area contributed by atoms with E-state index in [9.17, 15) is 13.2 Å². The molecule has 1 aliphatic rings. The summed E-state index contributed by atoms with van der Waals surface area (Å²) >= 11 is 1.40. The lowest BCUT2D eigenvalue weighted by Gasteiger charge is -2.24. The zero-order chi connectivity index (χ0) is 18.7. The third-order valence-electron chi connectivity index (χ3n) is 4.71. The quantitative estimate of drug-likeness (QED) is 0.552. The van der Waals surface area contributed by atoms with Crippen LogP contribution < -0.4 is 0 Å². The molecule has 3 rings (SSSR count). The van der Waals surface area contributed by atoms with Gasteiger partial charge >= 0.3 is 0 Å². The molecule has 0 N–H and O–H groups in total. The van der Waals surface area contributed by atoms with Gasteiger partial charge < -0.3 is 4.57 Å². The van der Waals surface area contributed by atoms with Gasteiger partial charge in [-0.2, -0.15) is 0 Å². The van der Waals surface area contributed by atoms with E-state index in [0.717, 1.165) is 30.1 Å². The molecule has 0 radical (unpaired) electrons. The van der Waals surface area contributed by atoms with Gasteiger partial charge in [0.15, 0.2) is 20.8 Å². The summed E-state index contributed by atoms with van der Waals surface area (Å²) in [6.07, 6.45) is 7.14. The highest BCUT2D eigenvalue weighted by Crippen LogP contribution is 2.32. The SMILES string of the molecule is Cc1nnc(SCC(=O)c2ccc(S(C)(=O)=O)cc2)n1C1CCCCC1. The molecule has 1 aromatic heterocycles. The van der Waals surface area contributed by atoms with Gasteiger partial charge in [-0.15, -0.1) is 10.2 Å². The van der Waals surface area contributed by atoms with Crippen molar-refractivity contribution in [2.45, 2.75) is 55.1 Å². The van der Waals surface area contributed by atoms with Gasteiger partial charge in [0, 0.05) is 17.9 Å². The monoisotopic (exact) mass is 393 g/mol. The summed E-state index contributed by atoms with van der Waals surface area (Å²) < 4.78 is 25.2. The predicted octanol–water partition coefficient (Wildman–Crippen LogP) is 3.47. The highest BCUT2D eigenvalue weighted by Gasteiger charge is 2.22. The average molecular weight is 394 g/mol. The summed E-state index contributed by atoms with van der Waals surface area (Å²) in [5, 5.41) is 9.23. The number of aryl methyl sites for hydroxylation is 1. The van der Waals surface area contributed by atoms with Crippen LogP contribution in [0.2, 0.25) is 0 Å². The fraction of sp³-hybridized carbons (Fsp3) is 0.500. The van der Waals surface area contributed by atoms with E-state index in [-0.39, 0.29) is 16.4 Å². The van der Waals surface area contributed by atoms with Crippen molar-refractivity contribution in [3.63, 3.8) is 0 Å². The molecule has 0 spiro atoms. The Labute approximate surface area is 158 Å². The van der Waals surface area contributed by atoms with Crippen molar-refractivity contribution in [3.8, 4) is 0 Å². The largest absolute Gasteiger partial charge is 0.303 e. The number of aromatic nitrogens is 3. The Balaban J connectivity index is 1.68. The van der Waals surface area contributed by atoms with Crippen LogP contribution in [0.4, 0.5) is 0 Å². The molecule has 1 heterocycles. The normalized spacial score (nSPS) is 15.9. The molecule has 0 bridgehead atoms. The summed E-state index contributed by atoms with van der Waals surface area (Å²) in [5.41, 5.74) is 0.505. The van der Waals surface area contributed by atoms with Crippen molar-refractivity contribution in [2.24, 2.45) is 0 Å². The van der Waals surface area contributed by atoms with Crippen LogP contribution in [-0.2, 0) is 9.84 Å². The molecule has 1 aromatic carbocycles. The second kappa shape index (κ2) is 7.92. The Morgan fingerprint density at radius 1 is 1.15 bits per heavy atom. The second-order valence-electron chi connectivity index (χ2n) is 6.70. The van der Waals surface area contributed by atoms with Crippen LogP contribution in [0.15, 0.2) is 34.3 Å². The first-order valence-electron chi connectivity index (χ1n) is 8.74. The van der Waals surface area contributed by atoms with Gasteiger partial charge in [-0.1, -0.05) is 43.2 Å². The van der Waals surface area contributed by atoms with Gasteiger partial charge in [-0.3, -0.25) is 4.79 Å². The van der Waals surface area contributed by atoms with E-state index >= 15 is 0 Å². The number of hydrogen-bond acceptors (Lipinski definition) is 6. The number of nitrogens with zero attached hydrogens (tertiary/aromatic N) is 3. The summed E-state index contributed by atoms with van der Waals surface area (Å²) in [6, 6.07) is 6.50. The smallest absolute Gasteiger partial charge is 0.191 e. The molecule has 1 saturated carbocycles. The van der Waals surface area contributed by atoms with Crippen LogP contribution >= 0.6 is 11.8 Å². The Bertz CT molecular complexity index is 883. The molecule has 0 unspecified atom stereocenters. The molecule has 0 saturated heterocycles. The lowest BCUT2D eigenvalue weighted by molar-refractivity contribution is 0.102. The minimum absolute atomic E-state index is 0.0501. The molecule has 0 aliphatic heterocycles. The summed E-state index contributed by atoms with van der Waals surface area (Å²) in [7, 11) is -3.25. The maximum Gasteiger partial charge on any atom is 0.191 e. The van der Waals surface area contributed by atoms with E-state index in [1.807, 2.05) is 6.92 Å². The lowest BCUT2D eigenvalue weighted by atomic mass is 9.95. The Morgan fingerprint density at radius 2 is 1.81 bits per heavy atom. The molecule has 1 aliphatic carbocycles. The molecular weight excluding hydrogens is 370 g/mol. The van der Waals surface area contributed by atoms with E-state index in [0.29, 0.717) is 11.6 Å². The Morgan fingerprint density at radius 3 is 2.42 bits per heavy atom. The fourth-order valence-corrected chi connectivity index (χ4v) is 4.89. The van der Waals surface area contributed by atoms with Crippen LogP contribution in [0, 0.1) is 6.92 Å². The first-order valence-corrected chi connectivity index (χ1v) is 11.6. The molecule has 0 atom stereocenters. The van der Waals surface area contributed by atoms with E-state index in [2.05, 4.69) is 14.8 Å². The number of Topliss-reactive ketones (excluding diaryl/α,β-unsaturated/α-hetero) is 1. The van der Waals surface area contributed by atoms with Crippen LogP contribution in [0.3, 0.4) is 0 Å². The highest BCUT2D eigenvalue weighted by atomic mass is 32.2. The number of ketones is 1. The number of hydrogen-bond donors (Lipinski definition) is 0. The molecule has 0 amide bonds. The van der Waals surface area contributed by atoms with Crippen molar-refractivity contribution < 1.29 is 13.2 Å². The van der Waals surface area contributed by atoms with Crippen molar-refractivity contribution >= 4 is 27.4 Å². The van der Waals surface area contributed by atoms with Crippen molar-refractivity contribution in [1.82, 2.24) is 14.8 Å². The van der Waals surface area contributed by atoms with Crippen LogP contribution in [0.25, 0.3) is 0 Å². The fourth-order valence-electron chi connectivity index (χ4n) is 3.31. The molecule has 1 fully saturated rings. The molecule has 8 heteroatoms. The molecule has 6 nitrogen and oxygen atoms in total. The topological polar surface area (TPSA) is 81.9 Å². The van der Waals surface area contributed by atoms with Gasteiger partial charge in [0.05, 0.1) is 10.6 Å². The minimum Gasteiger partial charge on any atom is -0.303 e.